The van der Waals surface area contributed by atoms with E-state index in [0.717, 1.165) is 45.6 Å². The standard InChI is InChI=1S/C33H41N3O2S/c37-33(38)30(18-24-10-7-11-24)36-22-28(29(23-36)26-12-5-2-6-13-26)21-35-16-14-27(15-17-35)31-20-34-32(39-31)19-25-8-3-1-4-9-25/h1-6,8-9,12-13,20,24,27-30H,7,10-11,14-19,21-23H2,(H,37,38)/t28-,29+,30+/m0/s1. The molecule has 0 bridgehead atoms. The number of aliphatic carboxylic acids is 1. The zero-order valence-corrected chi connectivity index (χ0v) is 23.6. The lowest BCUT2D eigenvalue weighted by Crippen LogP contribution is -2.43. The van der Waals surface area contributed by atoms with E-state index in [9.17, 15) is 9.90 Å². The van der Waals surface area contributed by atoms with E-state index < -0.39 is 5.97 Å². The van der Waals surface area contributed by atoms with E-state index in [1.165, 1.54) is 53.1 Å². The molecule has 2 saturated heterocycles. The van der Waals surface area contributed by atoms with Gasteiger partial charge in [-0.15, -0.1) is 11.3 Å². The van der Waals surface area contributed by atoms with Crippen molar-refractivity contribution in [2.45, 2.75) is 62.8 Å². The summed E-state index contributed by atoms with van der Waals surface area (Å²) < 4.78 is 0. The molecule has 5 nitrogen and oxygen atoms in total. The first-order valence-electron chi connectivity index (χ1n) is 14.8. The van der Waals surface area contributed by atoms with E-state index in [4.69, 9.17) is 4.98 Å². The van der Waals surface area contributed by atoms with Crippen LogP contribution in [0.3, 0.4) is 0 Å². The van der Waals surface area contributed by atoms with Gasteiger partial charge in [0.15, 0.2) is 0 Å². The summed E-state index contributed by atoms with van der Waals surface area (Å²) in [5, 5.41) is 11.3. The number of hydrogen-bond acceptors (Lipinski definition) is 5. The van der Waals surface area contributed by atoms with Crippen molar-refractivity contribution in [3.8, 4) is 0 Å². The smallest absolute Gasteiger partial charge is 0.320 e. The number of likely N-dealkylation sites (tertiary alicyclic amines) is 2. The van der Waals surface area contributed by atoms with E-state index in [2.05, 4.69) is 76.7 Å². The van der Waals surface area contributed by atoms with Crippen molar-refractivity contribution in [1.29, 1.82) is 0 Å². The Balaban J connectivity index is 1.08. The van der Waals surface area contributed by atoms with Crippen LogP contribution in [-0.4, -0.2) is 64.6 Å². The first-order valence-corrected chi connectivity index (χ1v) is 15.7. The summed E-state index contributed by atoms with van der Waals surface area (Å²) in [4.78, 5) is 23.5. The third kappa shape index (κ3) is 6.45. The number of benzene rings is 2. The van der Waals surface area contributed by atoms with Crippen molar-refractivity contribution in [3.05, 3.63) is 87.9 Å². The normalized spacial score (nSPS) is 24.0. The van der Waals surface area contributed by atoms with Crippen molar-refractivity contribution in [2.24, 2.45) is 11.8 Å². The van der Waals surface area contributed by atoms with Gasteiger partial charge < -0.3 is 10.0 Å². The summed E-state index contributed by atoms with van der Waals surface area (Å²) >= 11 is 1.89. The van der Waals surface area contributed by atoms with Gasteiger partial charge in [-0.25, -0.2) is 4.98 Å². The minimum absolute atomic E-state index is 0.339. The van der Waals surface area contributed by atoms with Crippen LogP contribution in [0.25, 0.3) is 0 Å². The van der Waals surface area contributed by atoms with Crippen molar-refractivity contribution >= 4 is 17.3 Å². The summed E-state index contributed by atoms with van der Waals surface area (Å²) in [6.45, 7) is 5.03. The third-order valence-corrected chi connectivity index (χ3v) is 10.6. The molecule has 6 heteroatoms. The predicted molar refractivity (Wildman–Crippen MR) is 157 cm³/mol. The van der Waals surface area contributed by atoms with Crippen LogP contribution < -0.4 is 0 Å². The predicted octanol–water partition coefficient (Wildman–Crippen LogP) is 6.27. The Labute approximate surface area is 236 Å². The lowest BCUT2D eigenvalue weighted by molar-refractivity contribution is -0.144. The van der Waals surface area contributed by atoms with Gasteiger partial charge in [0.1, 0.15) is 6.04 Å². The fourth-order valence-electron chi connectivity index (χ4n) is 6.97. The lowest BCUT2D eigenvalue weighted by atomic mass is 9.80. The fourth-order valence-corrected chi connectivity index (χ4v) is 8.09. The maximum Gasteiger partial charge on any atom is 0.320 e. The van der Waals surface area contributed by atoms with Gasteiger partial charge in [-0.1, -0.05) is 79.9 Å². The van der Waals surface area contributed by atoms with Gasteiger partial charge >= 0.3 is 5.97 Å². The van der Waals surface area contributed by atoms with Crippen LogP contribution in [0, 0.1) is 11.8 Å². The topological polar surface area (TPSA) is 56.7 Å². The van der Waals surface area contributed by atoms with E-state index in [-0.39, 0.29) is 6.04 Å². The summed E-state index contributed by atoms with van der Waals surface area (Å²) in [7, 11) is 0. The molecule has 39 heavy (non-hydrogen) atoms. The maximum atomic E-state index is 12.3. The van der Waals surface area contributed by atoms with Crippen LogP contribution in [0.15, 0.2) is 66.9 Å². The molecule has 1 saturated carbocycles. The largest absolute Gasteiger partial charge is 0.480 e. The summed E-state index contributed by atoms with van der Waals surface area (Å²) in [6.07, 6.45) is 9.88. The second-order valence-corrected chi connectivity index (χ2v) is 13.2. The number of carboxylic acid groups (broad SMARTS) is 1. The Morgan fingerprint density at radius 3 is 2.36 bits per heavy atom. The Morgan fingerprint density at radius 2 is 1.69 bits per heavy atom. The zero-order chi connectivity index (χ0) is 26.6. The molecule has 206 valence electrons. The molecule has 3 heterocycles. The summed E-state index contributed by atoms with van der Waals surface area (Å²) in [5.74, 6) is 1.43. The van der Waals surface area contributed by atoms with E-state index in [1.807, 2.05) is 11.3 Å². The summed E-state index contributed by atoms with van der Waals surface area (Å²) in [5.41, 5.74) is 2.69. The second kappa shape index (κ2) is 12.3. The van der Waals surface area contributed by atoms with Crippen LogP contribution in [0.5, 0.6) is 0 Å². The van der Waals surface area contributed by atoms with E-state index >= 15 is 0 Å². The average molecular weight is 544 g/mol. The van der Waals surface area contributed by atoms with Gasteiger partial charge in [-0.05, 0) is 61.2 Å². The Hall–Kier alpha value is -2.54. The van der Waals surface area contributed by atoms with Gasteiger partial charge in [-0.3, -0.25) is 9.69 Å². The molecule has 1 aliphatic carbocycles. The van der Waals surface area contributed by atoms with Gasteiger partial charge in [0.25, 0.3) is 0 Å². The number of nitrogens with zero attached hydrogens (tertiary/aromatic N) is 3. The zero-order valence-electron chi connectivity index (χ0n) is 22.8. The molecular formula is C33H41N3O2S. The number of carboxylic acids is 1. The number of hydrogen-bond donors (Lipinski definition) is 1. The quantitative estimate of drug-likeness (QED) is 0.327. The van der Waals surface area contributed by atoms with Crippen molar-refractivity contribution in [3.63, 3.8) is 0 Å². The monoisotopic (exact) mass is 543 g/mol. The summed E-state index contributed by atoms with van der Waals surface area (Å²) in [6, 6.07) is 21.1. The minimum atomic E-state index is -0.633. The fraction of sp³-hybridized carbons (Fsp3) is 0.515. The second-order valence-electron chi connectivity index (χ2n) is 12.0. The molecular weight excluding hydrogens is 502 g/mol. The molecule has 0 spiro atoms. The van der Waals surface area contributed by atoms with Gasteiger partial charge in [0.05, 0.1) is 5.01 Å². The maximum absolute atomic E-state index is 12.3. The number of thiazole rings is 1. The first-order chi connectivity index (χ1) is 19.1. The Bertz CT molecular complexity index is 1200. The highest BCUT2D eigenvalue weighted by molar-refractivity contribution is 7.11. The van der Waals surface area contributed by atoms with Crippen LogP contribution in [-0.2, 0) is 11.2 Å². The number of aromatic nitrogens is 1. The highest BCUT2D eigenvalue weighted by Gasteiger charge is 2.41. The third-order valence-electron chi connectivity index (χ3n) is 9.46. The molecule has 6 rings (SSSR count). The molecule has 2 aromatic carbocycles. The molecule has 1 aromatic heterocycles. The molecule has 3 fully saturated rings. The van der Waals surface area contributed by atoms with Gasteiger partial charge in [0.2, 0.25) is 0 Å². The molecule has 1 N–H and O–H groups in total. The first kappa shape index (κ1) is 26.7. The Morgan fingerprint density at radius 1 is 0.974 bits per heavy atom. The van der Waals surface area contributed by atoms with Crippen LogP contribution in [0.1, 0.15) is 71.4 Å². The molecule has 0 unspecified atom stereocenters. The molecule has 0 amide bonds. The van der Waals surface area contributed by atoms with Crippen molar-refractivity contribution < 1.29 is 9.90 Å². The number of piperidine rings is 1. The average Bonchev–Trinajstić information content (AvgIpc) is 3.57. The lowest BCUT2D eigenvalue weighted by Gasteiger charge is -2.34. The molecule has 3 aromatic rings. The van der Waals surface area contributed by atoms with E-state index in [1.54, 1.807) is 0 Å². The highest BCUT2D eigenvalue weighted by Crippen LogP contribution is 2.39. The number of carbonyl (C=O) groups is 1. The van der Waals surface area contributed by atoms with Crippen molar-refractivity contribution in [1.82, 2.24) is 14.8 Å². The molecule has 3 aliphatic rings. The van der Waals surface area contributed by atoms with E-state index in [0.29, 0.717) is 23.7 Å². The van der Waals surface area contributed by atoms with Crippen molar-refractivity contribution in [2.75, 3.05) is 32.7 Å². The highest BCUT2D eigenvalue weighted by atomic mass is 32.1. The molecule has 0 radical (unpaired) electrons. The molecule has 2 aliphatic heterocycles. The minimum Gasteiger partial charge on any atom is -0.480 e. The van der Waals surface area contributed by atoms with Gasteiger partial charge in [-0.2, -0.15) is 0 Å². The molecule has 3 atom stereocenters. The van der Waals surface area contributed by atoms with Crippen LogP contribution in [0.2, 0.25) is 0 Å². The van der Waals surface area contributed by atoms with Crippen LogP contribution >= 0.6 is 11.3 Å². The SMILES string of the molecule is O=C(O)[C@@H](CC1CCC1)N1C[C@H](CN2CCC(c3cnc(Cc4ccccc4)s3)CC2)[C@@H](c2ccccc2)C1. The Kier molecular flexibility index (Phi) is 8.43. The van der Waals surface area contributed by atoms with Gasteiger partial charge in [0, 0.05) is 43.0 Å². The van der Waals surface area contributed by atoms with Crippen LogP contribution in [0.4, 0.5) is 0 Å². The number of rotatable bonds is 10.